The number of ether oxygens (including phenoxy) is 1. The summed E-state index contributed by atoms with van der Waals surface area (Å²) in [5.41, 5.74) is -1.38. The van der Waals surface area contributed by atoms with E-state index in [0.29, 0.717) is 10.5 Å². The summed E-state index contributed by atoms with van der Waals surface area (Å²) >= 11 is 3.13. The topological polar surface area (TPSA) is 98.5 Å². The lowest BCUT2D eigenvalue weighted by Crippen LogP contribution is -2.18. The highest BCUT2D eigenvalue weighted by molar-refractivity contribution is 9.10. The van der Waals surface area contributed by atoms with E-state index in [9.17, 15) is 31.7 Å². The fourth-order valence-corrected chi connectivity index (χ4v) is 3.10. The Hall–Kier alpha value is -2.34. The Labute approximate surface area is 147 Å². The van der Waals surface area contributed by atoms with Gasteiger partial charge in [-0.05, 0) is 36.4 Å². The van der Waals surface area contributed by atoms with Crippen LogP contribution in [-0.2, 0) is 10.0 Å². The standard InChI is InChI=1S/C13H8BrF3N2O5S/c14-8-1-4-10(5-2-8)25(22,23)18-11-6-3-9(24-13(15,16)17)7-12(11)19(20)21/h1-7,18H. The van der Waals surface area contributed by atoms with E-state index in [4.69, 9.17) is 0 Å². The molecule has 0 aromatic heterocycles. The molecular weight excluding hydrogens is 433 g/mol. The molecule has 1 N–H and O–H groups in total. The summed E-state index contributed by atoms with van der Waals surface area (Å²) in [7, 11) is -4.17. The molecular formula is C13H8BrF3N2O5S. The van der Waals surface area contributed by atoms with Crippen LogP contribution in [0.3, 0.4) is 0 Å². The number of hydrogen-bond acceptors (Lipinski definition) is 5. The molecule has 0 saturated heterocycles. The first-order valence-corrected chi connectivity index (χ1v) is 8.58. The van der Waals surface area contributed by atoms with E-state index in [-0.39, 0.29) is 4.90 Å². The highest BCUT2D eigenvalue weighted by atomic mass is 79.9. The second-order valence-electron chi connectivity index (χ2n) is 4.54. The normalized spacial score (nSPS) is 11.8. The van der Waals surface area contributed by atoms with Crippen molar-refractivity contribution in [1.82, 2.24) is 0 Å². The SMILES string of the molecule is O=[N+]([O-])c1cc(OC(F)(F)F)ccc1NS(=O)(=O)c1ccc(Br)cc1. The summed E-state index contributed by atoms with van der Waals surface area (Å²) in [6, 6.07) is 7.45. The Bertz CT molecular complexity index is 901. The van der Waals surface area contributed by atoms with Gasteiger partial charge in [-0.25, -0.2) is 8.42 Å². The van der Waals surface area contributed by atoms with Gasteiger partial charge in [0.1, 0.15) is 11.4 Å². The van der Waals surface area contributed by atoms with Gasteiger partial charge in [-0.15, -0.1) is 13.2 Å². The number of nitrogens with one attached hydrogen (secondary N) is 1. The Morgan fingerprint density at radius 1 is 1.12 bits per heavy atom. The van der Waals surface area contributed by atoms with E-state index >= 15 is 0 Å². The summed E-state index contributed by atoms with van der Waals surface area (Å²) in [5, 5.41) is 11.0. The lowest BCUT2D eigenvalue weighted by Gasteiger charge is -2.11. The number of alkyl halides is 3. The first-order valence-electron chi connectivity index (χ1n) is 6.30. The van der Waals surface area contributed by atoms with Crippen LogP contribution in [0.15, 0.2) is 51.8 Å². The Morgan fingerprint density at radius 3 is 2.24 bits per heavy atom. The zero-order valence-corrected chi connectivity index (χ0v) is 14.4. The molecule has 0 atom stereocenters. The van der Waals surface area contributed by atoms with Crippen LogP contribution < -0.4 is 9.46 Å². The molecule has 2 rings (SSSR count). The minimum absolute atomic E-state index is 0.180. The average molecular weight is 441 g/mol. The van der Waals surface area contributed by atoms with Crippen molar-refractivity contribution in [3.05, 3.63) is 57.1 Å². The van der Waals surface area contributed by atoms with Crippen LogP contribution in [0, 0.1) is 10.1 Å². The number of sulfonamides is 1. The highest BCUT2D eigenvalue weighted by Gasteiger charge is 2.32. The molecule has 2 aromatic rings. The van der Waals surface area contributed by atoms with Crippen LogP contribution in [0.5, 0.6) is 5.75 Å². The molecule has 0 heterocycles. The molecule has 12 heteroatoms. The molecule has 0 bridgehead atoms. The van der Waals surface area contributed by atoms with Gasteiger partial charge >= 0.3 is 6.36 Å². The number of halogens is 4. The number of rotatable bonds is 5. The van der Waals surface area contributed by atoms with Crippen LogP contribution in [0.2, 0.25) is 0 Å². The van der Waals surface area contributed by atoms with Crippen molar-refractivity contribution in [2.45, 2.75) is 11.3 Å². The lowest BCUT2D eigenvalue weighted by atomic mass is 10.2. The molecule has 134 valence electrons. The van der Waals surface area contributed by atoms with Crippen molar-refractivity contribution >= 4 is 37.3 Å². The van der Waals surface area contributed by atoms with Gasteiger partial charge in [-0.3, -0.25) is 14.8 Å². The summed E-state index contributed by atoms with van der Waals surface area (Å²) in [6.45, 7) is 0. The average Bonchev–Trinajstić information content (AvgIpc) is 2.47. The third-order valence-corrected chi connectivity index (χ3v) is 4.68. The predicted octanol–water partition coefficient (Wildman–Crippen LogP) is 4.06. The van der Waals surface area contributed by atoms with Gasteiger partial charge in [0.05, 0.1) is 15.9 Å². The number of hydrogen-bond donors (Lipinski definition) is 1. The number of nitro groups is 1. The number of nitrogens with zero attached hydrogens (tertiary/aromatic N) is 1. The molecule has 0 spiro atoms. The quantitative estimate of drug-likeness (QED) is 0.558. The van der Waals surface area contributed by atoms with E-state index in [0.717, 1.165) is 12.1 Å². The molecule has 0 radical (unpaired) electrons. The van der Waals surface area contributed by atoms with Crippen LogP contribution in [0.25, 0.3) is 0 Å². The minimum Gasteiger partial charge on any atom is -0.406 e. The molecule has 0 fully saturated rings. The molecule has 2 aromatic carbocycles. The maximum absolute atomic E-state index is 12.2. The van der Waals surface area contributed by atoms with Crippen LogP contribution in [-0.4, -0.2) is 19.7 Å². The van der Waals surface area contributed by atoms with Crippen molar-refractivity contribution in [3.8, 4) is 5.75 Å². The largest absolute Gasteiger partial charge is 0.573 e. The maximum Gasteiger partial charge on any atom is 0.573 e. The van der Waals surface area contributed by atoms with Crippen LogP contribution >= 0.6 is 15.9 Å². The zero-order chi connectivity index (χ0) is 18.8. The number of anilines is 1. The van der Waals surface area contributed by atoms with E-state index < -0.39 is 38.4 Å². The van der Waals surface area contributed by atoms with Gasteiger partial charge in [-0.1, -0.05) is 15.9 Å². The van der Waals surface area contributed by atoms with Gasteiger partial charge in [0, 0.05) is 4.47 Å². The van der Waals surface area contributed by atoms with Crippen molar-refractivity contribution in [1.29, 1.82) is 0 Å². The molecule has 7 nitrogen and oxygen atoms in total. The van der Waals surface area contributed by atoms with E-state index in [2.05, 4.69) is 20.7 Å². The van der Waals surface area contributed by atoms with Gasteiger partial charge in [0.25, 0.3) is 15.7 Å². The smallest absolute Gasteiger partial charge is 0.406 e. The molecule has 0 aliphatic rings. The van der Waals surface area contributed by atoms with Gasteiger partial charge in [-0.2, -0.15) is 0 Å². The van der Waals surface area contributed by atoms with Crippen molar-refractivity contribution in [2.75, 3.05) is 4.72 Å². The van der Waals surface area contributed by atoms with E-state index in [1.165, 1.54) is 24.3 Å². The molecule has 0 aliphatic heterocycles. The Morgan fingerprint density at radius 2 is 1.72 bits per heavy atom. The van der Waals surface area contributed by atoms with Crippen LogP contribution in [0.1, 0.15) is 0 Å². The Kier molecular flexibility index (Phi) is 5.23. The van der Waals surface area contributed by atoms with Gasteiger partial charge in [0.2, 0.25) is 0 Å². The molecule has 25 heavy (non-hydrogen) atoms. The third-order valence-electron chi connectivity index (χ3n) is 2.77. The molecule has 0 amide bonds. The molecule has 0 aliphatic carbocycles. The second-order valence-corrected chi connectivity index (χ2v) is 7.14. The number of nitro benzene ring substituents is 1. The highest BCUT2D eigenvalue weighted by Crippen LogP contribution is 2.33. The summed E-state index contributed by atoms with van der Waals surface area (Å²) in [6.07, 6.45) is -5.04. The van der Waals surface area contributed by atoms with Crippen molar-refractivity contribution in [2.24, 2.45) is 0 Å². The zero-order valence-electron chi connectivity index (χ0n) is 12.0. The van der Waals surface area contributed by atoms with Crippen molar-refractivity contribution < 1.29 is 31.2 Å². The van der Waals surface area contributed by atoms with E-state index in [1.807, 2.05) is 4.72 Å². The third kappa shape index (κ3) is 5.06. The molecule has 0 unspecified atom stereocenters. The maximum atomic E-state index is 12.2. The second kappa shape index (κ2) is 6.88. The fourth-order valence-electron chi connectivity index (χ4n) is 1.76. The van der Waals surface area contributed by atoms with Gasteiger partial charge < -0.3 is 4.74 Å². The summed E-state index contributed by atoms with van der Waals surface area (Å²) in [5.74, 6) is -0.842. The summed E-state index contributed by atoms with van der Waals surface area (Å²) < 4.78 is 67.2. The first kappa shape index (κ1) is 19.0. The lowest BCUT2D eigenvalue weighted by molar-refractivity contribution is -0.384. The fraction of sp³-hybridized carbons (Fsp3) is 0.0769. The monoisotopic (exact) mass is 440 g/mol. The van der Waals surface area contributed by atoms with Gasteiger partial charge in [0.15, 0.2) is 0 Å². The van der Waals surface area contributed by atoms with Crippen LogP contribution in [0.4, 0.5) is 24.5 Å². The molecule has 0 saturated carbocycles. The minimum atomic E-state index is -5.04. The number of benzene rings is 2. The van der Waals surface area contributed by atoms with Crippen molar-refractivity contribution in [3.63, 3.8) is 0 Å². The Balaban J connectivity index is 2.38. The summed E-state index contributed by atoms with van der Waals surface area (Å²) in [4.78, 5) is 9.83. The first-order chi connectivity index (χ1) is 11.5. The predicted molar refractivity (Wildman–Crippen MR) is 84.7 cm³/mol. The van der Waals surface area contributed by atoms with E-state index in [1.54, 1.807) is 0 Å².